The van der Waals surface area contributed by atoms with E-state index < -0.39 is 22.5 Å². The number of carbonyl (C=O) groups excluding carboxylic acids is 2. The molecule has 0 aliphatic heterocycles. The molecule has 0 bridgehead atoms. The number of carbonyl (C=O) groups is 2. The van der Waals surface area contributed by atoms with E-state index in [0.29, 0.717) is 16.3 Å². The molecule has 200 valence electrons. The number of amides is 2. The highest BCUT2D eigenvalue weighted by atomic mass is 35.5. The van der Waals surface area contributed by atoms with Crippen LogP contribution >= 0.6 is 11.6 Å². The lowest BCUT2D eigenvalue weighted by Gasteiger charge is -2.26. The number of anilines is 2. The maximum absolute atomic E-state index is 13.6. The minimum Gasteiger partial charge on any atom is -0.345 e. The molecule has 0 aliphatic carbocycles. The van der Waals surface area contributed by atoms with E-state index in [1.54, 1.807) is 67.6 Å². The monoisotopic (exact) mass is 561 g/mol. The van der Waals surface area contributed by atoms with Crippen molar-refractivity contribution in [3.05, 3.63) is 125 Å². The van der Waals surface area contributed by atoms with E-state index in [-0.39, 0.29) is 28.1 Å². The Labute approximate surface area is 233 Å². The van der Waals surface area contributed by atoms with Crippen molar-refractivity contribution >= 4 is 44.8 Å². The summed E-state index contributed by atoms with van der Waals surface area (Å²) in [7, 11) is -4.10. The van der Waals surface area contributed by atoms with Crippen LogP contribution in [0.15, 0.2) is 108 Å². The van der Waals surface area contributed by atoms with Gasteiger partial charge in [-0.3, -0.25) is 13.9 Å². The zero-order chi connectivity index (χ0) is 28.0. The molecule has 0 heterocycles. The van der Waals surface area contributed by atoms with Crippen LogP contribution in [0.1, 0.15) is 34.5 Å². The summed E-state index contributed by atoms with van der Waals surface area (Å²) in [5.41, 5.74) is 2.37. The summed E-state index contributed by atoms with van der Waals surface area (Å²) in [6.07, 6.45) is 0. The Balaban J connectivity index is 1.60. The number of nitrogens with zero attached hydrogens (tertiary/aromatic N) is 1. The predicted molar refractivity (Wildman–Crippen MR) is 155 cm³/mol. The zero-order valence-electron chi connectivity index (χ0n) is 21.5. The third kappa shape index (κ3) is 6.66. The fourth-order valence-electron chi connectivity index (χ4n) is 4.13. The van der Waals surface area contributed by atoms with Gasteiger partial charge in [0, 0.05) is 5.02 Å². The van der Waals surface area contributed by atoms with Crippen LogP contribution in [-0.4, -0.2) is 26.8 Å². The molecule has 0 aromatic heterocycles. The van der Waals surface area contributed by atoms with Crippen LogP contribution < -0.4 is 14.9 Å². The SMILES string of the molecule is Cc1cc(Cl)ccc1N(CC(=O)Nc1ccccc1C(=O)N[C@@H](C)c1ccccc1)S(=O)(=O)c1ccccc1. The van der Waals surface area contributed by atoms with Gasteiger partial charge in [-0.15, -0.1) is 0 Å². The molecule has 0 saturated heterocycles. The molecule has 4 aromatic carbocycles. The van der Waals surface area contributed by atoms with Gasteiger partial charge in [-0.1, -0.05) is 72.3 Å². The molecule has 39 heavy (non-hydrogen) atoms. The molecule has 4 rings (SSSR count). The molecule has 0 spiro atoms. The summed E-state index contributed by atoms with van der Waals surface area (Å²) < 4.78 is 28.3. The summed E-state index contributed by atoms with van der Waals surface area (Å²) in [5.74, 6) is -0.982. The average Bonchev–Trinajstić information content (AvgIpc) is 2.93. The summed E-state index contributed by atoms with van der Waals surface area (Å²) in [6, 6.07) is 28.5. The molecule has 0 saturated carbocycles. The first kappa shape index (κ1) is 27.9. The number of sulfonamides is 1. The first-order valence-corrected chi connectivity index (χ1v) is 14.1. The van der Waals surface area contributed by atoms with E-state index >= 15 is 0 Å². The lowest BCUT2D eigenvalue weighted by molar-refractivity contribution is -0.114. The van der Waals surface area contributed by atoms with Gasteiger partial charge in [0.15, 0.2) is 0 Å². The van der Waals surface area contributed by atoms with E-state index in [0.717, 1.165) is 9.87 Å². The molecule has 4 aromatic rings. The van der Waals surface area contributed by atoms with Gasteiger partial charge in [-0.2, -0.15) is 0 Å². The first-order chi connectivity index (χ1) is 18.7. The number of para-hydroxylation sites is 1. The van der Waals surface area contributed by atoms with Gasteiger partial charge < -0.3 is 10.6 Å². The van der Waals surface area contributed by atoms with Crippen LogP contribution in [0.5, 0.6) is 0 Å². The number of rotatable bonds is 9. The molecular formula is C30H28ClN3O4S. The highest BCUT2D eigenvalue weighted by molar-refractivity contribution is 7.92. The summed E-state index contributed by atoms with van der Waals surface area (Å²) >= 11 is 6.10. The van der Waals surface area contributed by atoms with E-state index in [1.807, 2.05) is 37.3 Å². The second-order valence-corrected chi connectivity index (χ2v) is 11.3. The van der Waals surface area contributed by atoms with Crippen LogP contribution in [0, 0.1) is 6.92 Å². The topological polar surface area (TPSA) is 95.6 Å². The molecule has 0 fully saturated rings. The molecule has 1 atom stereocenters. The van der Waals surface area contributed by atoms with Gasteiger partial charge in [0.05, 0.1) is 27.9 Å². The summed E-state index contributed by atoms with van der Waals surface area (Å²) in [4.78, 5) is 26.5. The van der Waals surface area contributed by atoms with E-state index in [4.69, 9.17) is 11.6 Å². The van der Waals surface area contributed by atoms with E-state index in [1.165, 1.54) is 12.1 Å². The Hall–Kier alpha value is -4.14. The fourth-order valence-corrected chi connectivity index (χ4v) is 5.86. The molecule has 7 nitrogen and oxygen atoms in total. The number of halogens is 1. The first-order valence-electron chi connectivity index (χ1n) is 12.3. The second kappa shape index (κ2) is 12.1. The quantitative estimate of drug-likeness (QED) is 0.263. The number of hydrogen-bond donors (Lipinski definition) is 2. The smallest absolute Gasteiger partial charge is 0.264 e. The van der Waals surface area contributed by atoms with Crippen molar-refractivity contribution in [2.75, 3.05) is 16.2 Å². The Kier molecular flexibility index (Phi) is 8.69. The molecule has 9 heteroatoms. The Morgan fingerprint density at radius 2 is 1.49 bits per heavy atom. The van der Waals surface area contributed by atoms with Crippen molar-refractivity contribution in [3.8, 4) is 0 Å². The average molecular weight is 562 g/mol. The van der Waals surface area contributed by atoms with Crippen molar-refractivity contribution in [1.82, 2.24) is 5.32 Å². The highest BCUT2D eigenvalue weighted by Gasteiger charge is 2.29. The highest BCUT2D eigenvalue weighted by Crippen LogP contribution is 2.29. The number of benzene rings is 4. The Bertz CT molecular complexity index is 1580. The normalized spacial score (nSPS) is 11.9. The number of hydrogen-bond acceptors (Lipinski definition) is 4. The Morgan fingerprint density at radius 3 is 2.15 bits per heavy atom. The molecule has 2 amide bonds. The van der Waals surface area contributed by atoms with Gasteiger partial charge in [0.2, 0.25) is 5.91 Å². The molecule has 0 radical (unpaired) electrons. The zero-order valence-corrected chi connectivity index (χ0v) is 23.0. The van der Waals surface area contributed by atoms with Crippen molar-refractivity contribution in [2.45, 2.75) is 24.8 Å². The largest absolute Gasteiger partial charge is 0.345 e. The summed E-state index contributed by atoms with van der Waals surface area (Å²) in [6.45, 7) is 3.07. The number of nitrogens with one attached hydrogen (secondary N) is 2. The standard InChI is InChI=1S/C30H28ClN3O4S/c1-21-19-24(31)17-18-28(21)34(39(37,38)25-13-7-4-8-14-25)20-29(35)33-27-16-10-9-15-26(27)30(36)32-22(2)23-11-5-3-6-12-23/h3-19,22H,20H2,1-2H3,(H,32,36)(H,33,35)/t22-/m0/s1. The maximum atomic E-state index is 13.6. The molecular weight excluding hydrogens is 534 g/mol. The van der Waals surface area contributed by atoms with Gasteiger partial charge in [-0.25, -0.2) is 8.42 Å². The van der Waals surface area contributed by atoms with Crippen LogP contribution in [0.2, 0.25) is 5.02 Å². The summed E-state index contributed by atoms with van der Waals surface area (Å²) in [5, 5.41) is 6.12. The van der Waals surface area contributed by atoms with Crippen molar-refractivity contribution in [2.24, 2.45) is 0 Å². The van der Waals surface area contributed by atoms with Gasteiger partial charge in [0.25, 0.3) is 15.9 Å². The van der Waals surface area contributed by atoms with Crippen LogP contribution in [-0.2, 0) is 14.8 Å². The third-order valence-corrected chi connectivity index (χ3v) is 8.15. The molecule has 0 unspecified atom stereocenters. The van der Waals surface area contributed by atoms with Crippen LogP contribution in [0.3, 0.4) is 0 Å². The lowest BCUT2D eigenvalue weighted by atomic mass is 10.1. The van der Waals surface area contributed by atoms with Gasteiger partial charge >= 0.3 is 0 Å². The molecule has 0 aliphatic rings. The van der Waals surface area contributed by atoms with E-state index in [2.05, 4.69) is 10.6 Å². The number of aryl methyl sites for hydroxylation is 1. The van der Waals surface area contributed by atoms with Crippen molar-refractivity contribution in [1.29, 1.82) is 0 Å². The second-order valence-electron chi connectivity index (χ2n) is 8.96. The van der Waals surface area contributed by atoms with E-state index in [9.17, 15) is 18.0 Å². The minimum atomic E-state index is -4.10. The fraction of sp³-hybridized carbons (Fsp3) is 0.133. The van der Waals surface area contributed by atoms with Crippen molar-refractivity contribution in [3.63, 3.8) is 0 Å². The predicted octanol–water partition coefficient (Wildman–Crippen LogP) is 5.97. The minimum absolute atomic E-state index is 0.0434. The Morgan fingerprint density at radius 1 is 0.872 bits per heavy atom. The molecule has 2 N–H and O–H groups in total. The van der Waals surface area contributed by atoms with Gasteiger partial charge in [0.1, 0.15) is 6.54 Å². The maximum Gasteiger partial charge on any atom is 0.264 e. The van der Waals surface area contributed by atoms with Crippen LogP contribution in [0.25, 0.3) is 0 Å². The van der Waals surface area contributed by atoms with Crippen molar-refractivity contribution < 1.29 is 18.0 Å². The lowest BCUT2D eigenvalue weighted by Crippen LogP contribution is -2.39. The third-order valence-electron chi connectivity index (χ3n) is 6.14. The van der Waals surface area contributed by atoms with Crippen LogP contribution in [0.4, 0.5) is 11.4 Å². The van der Waals surface area contributed by atoms with Gasteiger partial charge in [-0.05, 0) is 67.4 Å².